The summed E-state index contributed by atoms with van der Waals surface area (Å²) in [5.41, 5.74) is 0.600. The second-order valence-electron chi connectivity index (χ2n) is 6.31. The molecular weight excluding hydrogens is 392 g/mol. The molecule has 29 heavy (non-hydrogen) atoms. The van der Waals surface area contributed by atoms with Crippen LogP contribution in [0.3, 0.4) is 0 Å². The molecule has 0 aliphatic carbocycles. The van der Waals surface area contributed by atoms with Gasteiger partial charge in [-0.05, 0) is 36.8 Å². The zero-order valence-electron chi connectivity index (χ0n) is 16.2. The number of pyridine rings is 1. The van der Waals surface area contributed by atoms with Crippen molar-refractivity contribution < 1.29 is 22.7 Å². The highest BCUT2D eigenvalue weighted by Crippen LogP contribution is 2.27. The molecular formula is C21H22N2O5S. The SMILES string of the molecule is CCOC(=O)C[C@H](NS(=O)(=O)c1cccc2cnccc12)c1cccc(OC)c1. The van der Waals surface area contributed by atoms with Gasteiger partial charge in [-0.2, -0.15) is 0 Å². The van der Waals surface area contributed by atoms with Gasteiger partial charge in [-0.15, -0.1) is 0 Å². The van der Waals surface area contributed by atoms with Gasteiger partial charge in [0.25, 0.3) is 0 Å². The molecule has 0 amide bonds. The number of nitrogens with one attached hydrogen (secondary N) is 1. The normalized spacial score (nSPS) is 12.5. The van der Waals surface area contributed by atoms with E-state index in [1.165, 1.54) is 13.2 Å². The minimum atomic E-state index is -3.94. The molecule has 152 valence electrons. The lowest BCUT2D eigenvalue weighted by Gasteiger charge is -2.20. The summed E-state index contributed by atoms with van der Waals surface area (Å²) in [6.07, 6.45) is 3.00. The Hall–Kier alpha value is -2.97. The molecule has 0 saturated carbocycles. The van der Waals surface area contributed by atoms with Gasteiger partial charge in [0.1, 0.15) is 5.75 Å². The first-order valence-electron chi connectivity index (χ1n) is 9.09. The number of aromatic nitrogens is 1. The second kappa shape index (κ2) is 9.02. The monoisotopic (exact) mass is 414 g/mol. The van der Waals surface area contributed by atoms with Gasteiger partial charge in [-0.3, -0.25) is 9.78 Å². The van der Waals surface area contributed by atoms with E-state index in [9.17, 15) is 13.2 Å². The number of hydrogen-bond acceptors (Lipinski definition) is 6. The van der Waals surface area contributed by atoms with Gasteiger partial charge in [0, 0.05) is 23.2 Å². The van der Waals surface area contributed by atoms with E-state index in [1.807, 2.05) is 0 Å². The minimum absolute atomic E-state index is 0.120. The van der Waals surface area contributed by atoms with Crippen molar-refractivity contribution in [3.05, 3.63) is 66.5 Å². The van der Waals surface area contributed by atoms with Crippen molar-refractivity contribution in [1.29, 1.82) is 0 Å². The van der Waals surface area contributed by atoms with Crippen LogP contribution in [0, 0.1) is 0 Å². The van der Waals surface area contributed by atoms with Crippen LogP contribution in [0.15, 0.2) is 65.8 Å². The summed E-state index contributed by atoms with van der Waals surface area (Å²) in [6.45, 7) is 1.92. The molecule has 1 aromatic heterocycles. The zero-order valence-corrected chi connectivity index (χ0v) is 17.0. The number of esters is 1. The average Bonchev–Trinajstić information content (AvgIpc) is 2.73. The van der Waals surface area contributed by atoms with Gasteiger partial charge in [0.15, 0.2) is 0 Å². The quantitative estimate of drug-likeness (QED) is 0.569. The highest BCUT2D eigenvalue weighted by molar-refractivity contribution is 7.89. The van der Waals surface area contributed by atoms with Crippen molar-refractivity contribution in [3.63, 3.8) is 0 Å². The Morgan fingerprint density at radius 1 is 1.17 bits per heavy atom. The highest BCUT2D eigenvalue weighted by Gasteiger charge is 2.26. The average molecular weight is 414 g/mol. The first-order chi connectivity index (χ1) is 13.9. The highest BCUT2D eigenvalue weighted by atomic mass is 32.2. The Morgan fingerprint density at radius 2 is 1.97 bits per heavy atom. The van der Waals surface area contributed by atoms with Crippen LogP contribution in [-0.4, -0.2) is 33.1 Å². The van der Waals surface area contributed by atoms with Crippen LogP contribution in [0.1, 0.15) is 24.9 Å². The maximum Gasteiger partial charge on any atom is 0.307 e. The van der Waals surface area contributed by atoms with Gasteiger partial charge in [0.2, 0.25) is 10.0 Å². The molecule has 1 atom stereocenters. The van der Waals surface area contributed by atoms with E-state index in [-0.39, 0.29) is 17.9 Å². The van der Waals surface area contributed by atoms with Gasteiger partial charge in [-0.1, -0.05) is 24.3 Å². The lowest BCUT2D eigenvalue weighted by molar-refractivity contribution is -0.143. The van der Waals surface area contributed by atoms with Gasteiger partial charge < -0.3 is 9.47 Å². The number of rotatable bonds is 8. The third-order valence-corrected chi connectivity index (χ3v) is 5.93. The fraction of sp³-hybridized carbons (Fsp3) is 0.238. The van der Waals surface area contributed by atoms with Crippen LogP contribution in [-0.2, 0) is 19.6 Å². The van der Waals surface area contributed by atoms with Crippen LogP contribution in [0.5, 0.6) is 5.75 Å². The third-order valence-electron chi connectivity index (χ3n) is 4.40. The van der Waals surface area contributed by atoms with Crippen molar-refractivity contribution in [2.45, 2.75) is 24.3 Å². The van der Waals surface area contributed by atoms with E-state index in [0.717, 1.165) is 0 Å². The molecule has 2 aromatic carbocycles. The summed E-state index contributed by atoms with van der Waals surface area (Å²) >= 11 is 0. The summed E-state index contributed by atoms with van der Waals surface area (Å²) in [7, 11) is -2.42. The Balaban J connectivity index is 2.00. The standard InChI is InChI=1S/C21H22N2O5S/c1-3-28-21(24)13-19(15-6-4-8-17(12-15)27-2)23-29(25,26)20-9-5-7-16-14-22-11-10-18(16)20/h4-12,14,19,23H,3,13H2,1-2H3/t19-/m0/s1. The fourth-order valence-corrected chi connectivity index (χ4v) is 4.50. The number of nitrogens with zero attached hydrogens (tertiary/aromatic N) is 1. The number of fused-ring (bicyclic) bond motifs is 1. The maximum atomic E-state index is 13.2. The van der Waals surface area contributed by atoms with Crippen molar-refractivity contribution >= 4 is 26.8 Å². The molecule has 0 saturated heterocycles. The van der Waals surface area contributed by atoms with Crippen LogP contribution in [0.25, 0.3) is 10.8 Å². The Bertz CT molecular complexity index is 1110. The van der Waals surface area contributed by atoms with E-state index >= 15 is 0 Å². The predicted octanol–water partition coefficient (Wildman–Crippen LogP) is 3.22. The Labute approximate surface area is 169 Å². The van der Waals surface area contributed by atoms with Crippen molar-refractivity contribution in [2.24, 2.45) is 0 Å². The van der Waals surface area contributed by atoms with E-state index in [2.05, 4.69) is 9.71 Å². The molecule has 0 unspecified atom stereocenters. The summed E-state index contributed by atoms with van der Waals surface area (Å²) < 4.78 is 39.3. The summed E-state index contributed by atoms with van der Waals surface area (Å²) in [4.78, 5) is 16.3. The van der Waals surface area contributed by atoms with Crippen molar-refractivity contribution in [2.75, 3.05) is 13.7 Å². The minimum Gasteiger partial charge on any atom is -0.497 e. The van der Waals surface area contributed by atoms with E-state index in [1.54, 1.807) is 61.8 Å². The van der Waals surface area contributed by atoms with Gasteiger partial charge in [0.05, 0.1) is 31.1 Å². The molecule has 0 fully saturated rings. The molecule has 0 radical (unpaired) electrons. The van der Waals surface area contributed by atoms with Crippen LogP contribution >= 0.6 is 0 Å². The van der Waals surface area contributed by atoms with E-state index in [0.29, 0.717) is 22.1 Å². The van der Waals surface area contributed by atoms with Crippen LogP contribution < -0.4 is 9.46 Å². The van der Waals surface area contributed by atoms with Crippen LogP contribution in [0.2, 0.25) is 0 Å². The number of carbonyl (C=O) groups excluding carboxylic acids is 1. The molecule has 3 rings (SSSR count). The third kappa shape index (κ3) is 4.90. The Morgan fingerprint density at radius 3 is 2.72 bits per heavy atom. The lowest BCUT2D eigenvalue weighted by atomic mass is 10.0. The molecule has 1 heterocycles. The lowest BCUT2D eigenvalue weighted by Crippen LogP contribution is -2.31. The molecule has 7 nitrogen and oxygen atoms in total. The summed E-state index contributed by atoms with van der Waals surface area (Å²) in [5, 5.41) is 1.26. The number of hydrogen-bond donors (Lipinski definition) is 1. The van der Waals surface area contributed by atoms with E-state index < -0.39 is 22.0 Å². The first-order valence-corrected chi connectivity index (χ1v) is 10.6. The largest absolute Gasteiger partial charge is 0.497 e. The number of methoxy groups -OCH3 is 1. The number of carbonyl (C=O) groups is 1. The summed E-state index contributed by atoms with van der Waals surface area (Å²) in [6, 6.07) is 12.7. The number of ether oxygens (including phenoxy) is 2. The second-order valence-corrected chi connectivity index (χ2v) is 7.99. The van der Waals surface area contributed by atoms with Crippen molar-refractivity contribution in [1.82, 2.24) is 9.71 Å². The molecule has 1 N–H and O–H groups in total. The molecule has 8 heteroatoms. The molecule has 0 aliphatic rings. The first kappa shape index (κ1) is 20.8. The topological polar surface area (TPSA) is 94.6 Å². The number of benzene rings is 2. The van der Waals surface area contributed by atoms with Gasteiger partial charge in [-0.25, -0.2) is 13.1 Å². The molecule has 3 aromatic rings. The van der Waals surface area contributed by atoms with Gasteiger partial charge >= 0.3 is 5.97 Å². The van der Waals surface area contributed by atoms with E-state index in [4.69, 9.17) is 9.47 Å². The Kier molecular flexibility index (Phi) is 6.46. The molecule has 0 bridgehead atoms. The number of sulfonamides is 1. The zero-order chi connectivity index (χ0) is 20.9. The summed E-state index contributed by atoms with van der Waals surface area (Å²) in [5.74, 6) is 0.0666. The predicted molar refractivity (Wildman–Crippen MR) is 109 cm³/mol. The molecule has 0 aliphatic heterocycles. The smallest absolute Gasteiger partial charge is 0.307 e. The maximum absolute atomic E-state index is 13.2. The molecule has 0 spiro atoms. The fourth-order valence-electron chi connectivity index (χ4n) is 3.05. The van der Waals surface area contributed by atoms with Crippen LogP contribution in [0.4, 0.5) is 0 Å². The van der Waals surface area contributed by atoms with Crippen molar-refractivity contribution in [3.8, 4) is 5.75 Å².